The average Bonchev–Trinajstić information content (AvgIpc) is 2.28. The lowest BCUT2D eigenvalue weighted by atomic mass is 10.3. The first-order valence-electron chi connectivity index (χ1n) is 5.04. The van der Waals surface area contributed by atoms with Crippen molar-refractivity contribution in [1.82, 2.24) is 0 Å². The summed E-state index contributed by atoms with van der Waals surface area (Å²) in [5.41, 5.74) is 5.36. The van der Waals surface area contributed by atoms with Crippen LogP contribution in [0.2, 0.25) is 0 Å². The number of rotatable bonds is 7. The molecule has 0 aliphatic carbocycles. The van der Waals surface area contributed by atoms with E-state index in [0.29, 0.717) is 18.1 Å². The molecule has 94 valence electrons. The number of benzene rings is 1. The lowest BCUT2D eigenvalue weighted by Gasteiger charge is -2.08. The Morgan fingerprint density at radius 3 is 3.00 bits per heavy atom. The molecular formula is C11H14BrNO3S. The highest BCUT2D eigenvalue weighted by molar-refractivity contribution is 9.10. The van der Waals surface area contributed by atoms with Crippen LogP contribution in [0.4, 0.5) is 0 Å². The molecule has 4 nitrogen and oxygen atoms in total. The Labute approximate surface area is 113 Å². The van der Waals surface area contributed by atoms with Crippen LogP contribution in [-0.4, -0.2) is 35.2 Å². The maximum Gasteiger partial charge on any atom is 0.321 e. The Kier molecular flexibility index (Phi) is 6.39. The standard InChI is InChI=1S/C11H14BrNO3S/c12-8-2-1-3-9(6-8)16-4-5-17-7-10(13)11(14)15/h1-3,6,10H,4-5,7,13H2,(H,14,15). The number of nitrogens with two attached hydrogens (primary N) is 1. The molecule has 0 spiro atoms. The van der Waals surface area contributed by atoms with Crippen LogP contribution in [0.15, 0.2) is 28.7 Å². The van der Waals surface area contributed by atoms with Gasteiger partial charge in [0, 0.05) is 16.0 Å². The van der Waals surface area contributed by atoms with Crippen LogP contribution < -0.4 is 10.5 Å². The zero-order valence-electron chi connectivity index (χ0n) is 9.14. The highest BCUT2D eigenvalue weighted by Gasteiger charge is 2.10. The molecule has 1 unspecified atom stereocenters. The Hall–Kier alpha value is -0.720. The lowest BCUT2D eigenvalue weighted by molar-refractivity contribution is -0.137. The first-order valence-corrected chi connectivity index (χ1v) is 6.99. The van der Waals surface area contributed by atoms with Gasteiger partial charge in [-0.1, -0.05) is 22.0 Å². The number of ether oxygens (including phenoxy) is 1. The molecule has 1 aromatic carbocycles. The minimum absolute atomic E-state index is 0.400. The summed E-state index contributed by atoms with van der Waals surface area (Å²) < 4.78 is 6.46. The molecule has 17 heavy (non-hydrogen) atoms. The number of carboxylic acids is 1. The van der Waals surface area contributed by atoms with Gasteiger partial charge in [-0.05, 0) is 18.2 Å². The van der Waals surface area contributed by atoms with Gasteiger partial charge in [0.15, 0.2) is 0 Å². The summed E-state index contributed by atoms with van der Waals surface area (Å²) in [6, 6.07) is 6.78. The third-order valence-electron chi connectivity index (χ3n) is 1.91. The molecule has 0 fully saturated rings. The molecule has 0 bridgehead atoms. The molecular weight excluding hydrogens is 306 g/mol. The van der Waals surface area contributed by atoms with Gasteiger partial charge in [-0.3, -0.25) is 4.79 Å². The maximum absolute atomic E-state index is 10.4. The molecule has 0 heterocycles. The van der Waals surface area contributed by atoms with E-state index in [4.69, 9.17) is 15.6 Å². The minimum Gasteiger partial charge on any atom is -0.493 e. The topological polar surface area (TPSA) is 72.5 Å². The van der Waals surface area contributed by atoms with Crippen molar-refractivity contribution in [2.75, 3.05) is 18.1 Å². The summed E-state index contributed by atoms with van der Waals surface area (Å²) in [6.45, 7) is 0.535. The van der Waals surface area contributed by atoms with E-state index in [1.165, 1.54) is 11.8 Å². The number of hydrogen-bond acceptors (Lipinski definition) is 4. The number of aliphatic carboxylic acids is 1. The lowest BCUT2D eigenvalue weighted by Crippen LogP contribution is -2.32. The van der Waals surface area contributed by atoms with Crippen molar-refractivity contribution in [1.29, 1.82) is 0 Å². The summed E-state index contributed by atoms with van der Waals surface area (Å²) in [5, 5.41) is 8.57. The van der Waals surface area contributed by atoms with Gasteiger partial charge >= 0.3 is 5.97 Å². The number of halogens is 1. The second kappa shape index (κ2) is 7.58. The Morgan fingerprint density at radius 2 is 2.35 bits per heavy atom. The summed E-state index contributed by atoms with van der Waals surface area (Å²) in [7, 11) is 0. The molecule has 0 aromatic heterocycles. The molecule has 0 radical (unpaired) electrons. The van der Waals surface area contributed by atoms with Gasteiger partial charge in [0.2, 0.25) is 0 Å². The number of thioether (sulfide) groups is 1. The van der Waals surface area contributed by atoms with Gasteiger partial charge in [-0.2, -0.15) is 11.8 Å². The first-order chi connectivity index (χ1) is 8.09. The van der Waals surface area contributed by atoms with E-state index in [9.17, 15) is 4.79 Å². The van der Waals surface area contributed by atoms with Crippen LogP contribution >= 0.6 is 27.7 Å². The highest BCUT2D eigenvalue weighted by Crippen LogP contribution is 2.17. The molecule has 0 saturated carbocycles. The predicted molar refractivity (Wildman–Crippen MR) is 72.6 cm³/mol. The van der Waals surface area contributed by atoms with Crippen LogP contribution in [0, 0.1) is 0 Å². The van der Waals surface area contributed by atoms with Crippen LogP contribution in [0.3, 0.4) is 0 Å². The Morgan fingerprint density at radius 1 is 1.59 bits per heavy atom. The summed E-state index contributed by atoms with van der Waals surface area (Å²) in [4.78, 5) is 10.4. The zero-order chi connectivity index (χ0) is 12.7. The molecule has 6 heteroatoms. The third kappa shape index (κ3) is 5.95. The van der Waals surface area contributed by atoms with E-state index < -0.39 is 12.0 Å². The second-order valence-electron chi connectivity index (χ2n) is 3.33. The third-order valence-corrected chi connectivity index (χ3v) is 3.45. The molecule has 0 amide bonds. The molecule has 1 aromatic rings. The van der Waals surface area contributed by atoms with Crippen molar-refractivity contribution in [3.05, 3.63) is 28.7 Å². The van der Waals surface area contributed by atoms with Gasteiger partial charge in [0.05, 0.1) is 6.61 Å². The fraction of sp³-hybridized carbons (Fsp3) is 0.364. The van der Waals surface area contributed by atoms with Crippen molar-refractivity contribution >= 4 is 33.7 Å². The maximum atomic E-state index is 10.4. The number of carboxylic acid groups (broad SMARTS) is 1. The molecule has 0 aliphatic heterocycles. The monoisotopic (exact) mass is 319 g/mol. The van der Waals surface area contributed by atoms with Crippen LogP contribution in [-0.2, 0) is 4.79 Å². The van der Waals surface area contributed by atoms with E-state index in [2.05, 4.69) is 15.9 Å². The van der Waals surface area contributed by atoms with Crippen molar-refractivity contribution < 1.29 is 14.6 Å². The van der Waals surface area contributed by atoms with E-state index in [1.54, 1.807) is 0 Å². The van der Waals surface area contributed by atoms with E-state index in [1.807, 2.05) is 24.3 Å². The number of hydrogen-bond donors (Lipinski definition) is 2. The van der Waals surface area contributed by atoms with Gasteiger partial charge in [0.1, 0.15) is 11.8 Å². The fourth-order valence-corrected chi connectivity index (χ4v) is 2.20. The summed E-state index contributed by atoms with van der Waals surface area (Å²) in [5.74, 6) is 0.943. The van der Waals surface area contributed by atoms with E-state index in [0.717, 1.165) is 10.2 Å². The quantitative estimate of drug-likeness (QED) is 0.752. The van der Waals surface area contributed by atoms with Gasteiger partial charge in [-0.25, -0.2) is 0 Å². The first kappa shape index (κ1) is 14.3. The van der Waals surface area contributed by atoms with Crippen molar-refractivity contribution in [3.8, 4) is 5.75 Å². The highest BCUT2D eigenvalue weighted by atomic mass is 79.9. The molecule has 1 atom stereocenters. The minimum atomic E-state index is -0.967. The molecule has 1 rings (SSSR count). The van der Waals surface area contributed by atoms with Gasteiger partial charge in [0.25, 0.3) is 0 Å². The van der Waals surface area contributed by atoms with Crippen molar-refractivity contribution in [2.24, 2.45) is 5.73 Å². The SMILES string of the molecule is NC(CSCCOc1cccc(Br)c1)C(=O)O. The van der Waals surface area contributed by atoms with Crippen molar-refractivity contribution in [2.45, 2.75) is 6.04 Å². The van der Waals surface area contributed by atoms with Crippen LogP contribution in [0.25, 0.3) is 0 Å². The summed E-state index contributed by atoms with van der Waals surface area (Å²) in [6.07, 6.45) is 0. The Bertz CT molecular complexity index is 375. The van der Waals surface area contributed by atoms with Crippen LogP contribution in [0.5, 0.6) is 5.75 Å². The summed E-state index contributed by atoms with van der Waals surface area (Å²) >= 11 is 4.82. The smallest absolute Gasteiger partial charge is 0.321 e. The van der Waals surface area contributed by atoms with Crippen molar-refractivity contribution in [3.63, 3.8) is 0 Å². The number of carbonyl (C=O) groups is 1. The van der Waals surface area contributed by atoms with Gasteiger partial charge in [-0.15, -0.1) is 0 Å². The predicted octanol–water partition coefficient (Wildman–Crippen LogP) is 1.97. The van der Waals surface area contributed by atoms with E-state index in [-0.39, 0.29) is 0 Å². The van der Waals surface area contributed by atoms with Gasteiger partial charge < -0.3 is 15.6 Å². The normalized spacial score (nSPS) is 12.1. The van der Waals surface area contributed by atoms with E-state index >= 15 is 0 Å². The molecule has 0 saturated heterocycles. The fourth-order valence-electron chi connectivity index (χ4n) is 1.06. The Balaban J connectivity index is 2.14. The average molecular weight is 320 g/mol. The second-order valence-corrected chi connectivity index (χ2v) is 5.39. The van der Waals surface area contributed by atoms with Crippen LogP contribution in [0.1, 0.15) is 0 Å². The largest absolute Gasteiger partial charge is 0.493 e. The zero-order valence-corrected chi connectivity index (χ0v) is 11.5. The molecule has 3 N–H and O–H groups in total. The molecule has 0 aliphatic rings.